The molecule has 0 radical (unpaired) electrons. The number of amides is 1. The maximum Gasteiger partial charge on any atom is 0.268 e. The predicted molar refractivity (Wildman–Crippen MR) is 110 cm³/mol. The van der Waals surface area contributed by atoms with E-state index in [0.717, 1.165) is 16.9 Å². The number of nitrogens with zero attached hydrogens (tertiary/aromatic N) is 2. The Hall–Kier alpha value is -2.94. The summed E-state index contributed by atoms with van der Waals surface area (Å²) in [4.78, 5) is 17.6. The Labute approximate surface area is 166 Å². The molecule has 0 aliphatic heterocycles. The quantitative estimate of drug-likeness (QED) is 0.476. The number of hydrogen-bond acceptors (Lipinski definition) is 4. The summed E-state index contributed by atoms with van der Waals surface area (Å²) in [5.41, 5.74) is 3.13. The van der Waals surface area contributed by atoms with Crippen LogP contribution in [0.5, 0.6) is 0 Å². The van der Waals surface area contributed by atoms with Crippen molar-refractivity contribution in [2.45, 2.75) is 13.3 Å². The fraction of sp³-hybridized carbons (Fsp3) is 0.0952. The van der Waals surface area contributed by atoms with Gasteiger partial charge in [-0.1, -0.05) is 53.6 Å². The van der Waals surface area contributed by atoms with Gasteiger partial charge in [-0.2, -0.15) is 5.26 Å². The third kappa shape index (κ3) is 5.27. The van der Waals surface area contributed by atoms with Crippen LogP contribution in [0.25, 0.3) is 6.08 Å². The molecule has 4 nitrogen and oxygen atoms in total. The van der Waals surface area contributed by atoms with Gasteiger partial charge in [0.05, 0.1) is 0 Å². The fourth-order valence-electron chi connectivity index (χ4n) is 2.39. The highest BCUT2D eigenvalue weighted by Crippen LogP contribution is 2.22. The van der Waals surface area contributed by atoms with Gasteiger partial charge in [-0.25, -0.2) is 4.98 Å². The Kier molecular flexibility index (Phi) is 6.02. The van der Waals surface area contributed by atoms with Crippen LogP contribution in [0.1, 0.15) is 21.6 Å². The minimum atomic E-state index is -0.483. The lowest BCUT2D eigenvalue weighted by Crippen LogP contribution is -2.13. The van der Waals surface area contributed by atoms with Crippen LogP contribution in [0.2, 0.25) is 5.02 Å². The normalized spacial score (nSPS) is 11.1. The Morgan fingerprint density at radius 2 is 1.93 bits per heavy atom. The van der Waals surface area contributed by atoms with E-state index in [1.54, 1.807) is 30.5 Å². The molecule has 1 heterocycles. The number of aryl methyl sites for hydroxylation is 1. The molecule has 0 saturated heterocycles. The Balaban J connectivity index is 1.68. The van der Waals surface area contributed by atoms with Crippen LogP contribution < -0.4 is 5.32 Å². The van der Waals surface area contributed by atoms with Crippen LogP contribution in [0.4, 0.5) is 5.13 Å². The third-order valence-electron chi connectivity index (χ3n) is 3.82. The van der Waals surface area contributed by atoms with Crippen molar-refractivity contribution in [3.63, 3.8) is 0 Å². The molecule has 0 spiro atoms. The highest BCUT2D eigenvalue weighted by molar-refractivity contribution is 7.15. The average molecular weight is 394 g/mol. The van der Waals surface area contributed by atoms with Gasteiger partial charge in [-0.3, -0.25) is 10.1 Å². The Bertz CT molecular complexity index is 1010. The summed E-state index contributed by atoms with van der Waals surface area (Å²) >= 11 is 7.25. The average Bonchev–Trinajstić information content (AvgIpc) is 3.10. The van der Waals surface area contributed by atoms with Crippen molar-refractivity contribution >= 4 is 40.1 Å². The molecule has 0 bridgehead atoms. The molecule has 3 rings (SSSR count). The standard InChI is InChI=1S/C21H16ClN3OS/c1-14-2-4-16(5-3-14)11-19-13-24-21(27-19)25-20(26)17(12-23)10-15-6-8-18(22)9-7-15/h2-10,13H,11H2,1H3,(H,24,25,26). The summed E-state index contributed by atoms with van der Waals surface area (Å²) in [6, 6.07) is 17.1. The first-order chi connectivity index (χ1) is 13.0. The first kappa shape index (κ1) is 18.8. The number of anilines is 1. The van der Waals surface area contributed by atoms with Gasteiger partial charge in [0, 0.05) is 22.5 Å². The summed E-state index contributed by atoms with van der Waals surface area (Å²) in [7, 11) is 0. The summed E-state index contributed by atoms with van der Waals surface area (Å²) in [6.07, 6.45) is 4.01. The lowest BCUT2D eigenvalue weighted by atomic mass is 10.1. The second-order valence-electron chi connectivity index (χ2n) is 5.97. The number of halogens is 1. The molecule has 1 aromatic heterocycles. The van der Waals surface area contributed by atoms with Gasteiger partial charge in [0.1, 0.15) is 11.6 Å². The van der Waals surface area contributed by atoms with E-state index in [0.29, 0.717) is 10.2 Å². The Morgan fingerprint density at radius 3 is 2.59 bits per heavy atom. The van der Waals surface area contributed by atoms with E-state index in [1.165, 1.54) is 28.5 Å². The highest BCUT2D eigenvalue weighted by atomic mass is 35.5. The van der Waals surface area contributed by atoms with E-state index >= 15 is 0 Å². The molecule has 3 aromatic rings. The first-order valence-corrected chi connectivity index (χ1v) is 9.42. The minimum absolute atomic E-state index is 0.00704. The predicted octanol–water partition coefficient (Wildman–Crippen LogP) is 5.24. The van der Waals surface area contributed by atoms with Crippen molar-refractivity contribution < 1.29 is 4.79 Å². The monoisotopic (exact) mass is 393 g/mol. The van der Waals surface area contributed by atoms with Crippen molar-refractivity contribution in [2.24, 2.45) is 0 Å². The lowest BCUT2D eigenvalue weighted by molar-refractivity contribution is -0.112. The summed E-state index contributed by atoms with van der Waals surface area (Å²) in [6.45, 7) is 2.05. The molecule has 0 fully saturated rings. The van der Waals surface area contributed by atoms with Crippen LogP contribution in [0, 0.1) is 18.3 Å². The van der Waals surface area contributed by atoms with E-state index in [9.17, 15) is 10.1 Å². The molecule has 0 atom stereocenters. The van der Waals surface area contributed by atoms with E-state index in [-0.39, 0.29) is 5.57 Å². The van der Waals surface area contributed by atoms with Gasteiger partial charge in [-0.15, -0.1) is 11.3 Å². The summed E-state index contributed by atoms with van der Waals surface area (Å²) in [5.74, 6) is -0.483. The van der Waals surface area contributed by atoms with E-state index in [4.69, 9.17) is 11.6 Å². The number of aromatic nitrogens is 1. The lowest BCUT2D eigenvalue weighted by Gasteiger charge is -2.01. The largest absolute Gasteiger partial charge is 0.297 e. The third-order valence-corrected chi connectivity index (χ3v) is 4.98. The molecule has 0 aliphatic rings. The molecule has 6 heteroatoms. The van der Waals surface area contributed by atoms with Gasteiger partial charge in [0.25, 0.3) is 5.91 Å². The van der Waals surface area contributed by atoms with Crippen molar-refractivity contribution in [2.75, 3.05) is 5.32 Å². The second kappa shape index (κ2) is 8.63. The van der Waals surface area contributed by atoms with Crippen molar-refractivity contribution in [1.82, 2.24) is 4.98 Å². The molecule has 0 saturated carbocycles. The van der Waals surface area contributed by atoms with Gasteiger partial charge in [0.2, 0.25) is 0 Å². The maximum atomic E-state index is 12.4. The molecule has 1 amide bonds. The number of carbonyl (C=O) groups is 1. The topological polar surface area (TPSA) is 65.8 Å². The summed E-state index contributed by atoms with van der Waals surface area (Å²) < 4.78 is 0. The number of nitriles is 1. The molecule has 134 valence electrons. The molecule has 0 unspecified atom stereocenters. The molecular weight excluding hydrogens is 378 g/mol. The second-order valence-corrected chi connectivity index (χ2v) is 7.52. The maximum absolute atomic E-state index is 12.4. The van der Waals surface area contributed by atoms with E-state index in [1.807, 2.05) is 6.07 Å². The fourth-order valence-corrected chi connectivity index (χ4v) is 3.36. The molecular formula is C21H16ClN3OS. The Morgan fingerprint density at radius 1 is 1.22 bits per heavy atom. The summed E-state index contributed by atoms with van der Waals surface area (Å²) in [5, 5.41) is 13.1. The van der Waals surface area contributed by atoms with Crippen molar-refractivity contribution in [3.8, 4) is 6.07 Å². The zero-order valence-corrected chi connectivity index (χ0v) is 16.1. The molecule has 2 aromatic carbocycles. The van der Waals surface area contributed by atoms with Gasteiger partial charge in [0.15, 0.2) is 5.13 Å². The van der Waals surface area contributed by atoms with Crippen LogP contribution >= 0.6 is 22.9 Å². The number of carbonyl (C=O) groups excluding carboxylic acids is 1. The highest BCUT2D eigenvalue weighted by Gasteiger charge is 2.12. The molecule has 27 heavy (non-hydrogen) atoms. The van der Waals surface area contributed by atoms with Crippen LogP contribution in [0.3, 0.4) is 0 Å². The molecule has 1 N–H and O–H groups in total. The smallest absolute Gasteiger partial charge is 0.268 e. The zero-order valence-electron chi connectivity index (χ0n) is 14.6. The zero-order chi connectivity index (χ0) is 19.2. The SMILES string of the molecule is Cc1ccc(Cc2cnc(NC(=O)C(C#N)=Cc3ccc(Cl)cc3)s2)cc1. The number of nitrogens with one attached hydrogen (secondary N) is 1. The van der Waals surface area contributed by atoms with Crippen LogP contribution in [-0.4, -0.2) is 10.9 Å². The number of thiazole rings is 1. The van der Waals surface area contributed by atoms with Crippen molar-refractivity contribution in [1.29, 1.82) is 5.26 Å². The van der Waals surface area contributed by atoms with Crippen molar-refractivity contribution in [3.05, 3.63) is 86.9 Å². The van der Waals surface area contributed by atoms with E-state index < -0.39 is 5.91 Å². The van der Waals surface area contributed by atoms with Gasteiger partial charge < -0.3 is 0 Å². The molecule has 0 aliphatic carbocycles. The number of rotatable bonds is 5. The van der Waals surface area contributed by atoms with E-state index in [2.05, 4.69) is 41.5 Å². The van der Waals surface area contributed by atoms with Gasteiger partial charge in [-0.05, 0) is 36.3 Å². The minimum Gasteiger partial charge on any atom is -0.297 e. The van der Waals surface area contributed by atoms with Crippen LogP contribution in [-0.2, 0) is 11.2 Å². The van der Waals surface area contributed by atoms with Crippen LogP contribution in [0.15, 0.2) is 60.3 Å². The number of hydrogen-bond donors (Lipinski definition) is 1. The first-order valence-electron chi connectivity index (χ1n) is 8.22. The van der Waals surface area contributed by atoms with Gasteiger partial charge >= 0.3 is 0 Å². The number of benzene rings is 2.